The van der Waals surface area contributed by atoms with Crippen LogP contribution in [0.5, 0.6) is 0 Å². The lowest BCUT2D eigenvalue weighted by molar-refractivity contribution is -0.124. The second-order valence-electron chi connectivity index (χ2n) is 6.54. The van der Waals surface area contributed by atoms with Crippen molar-refractivity contribution in [2.24, 2.45) is 0 Å². The first kappa shape index (κ1) is 19.7. The van der Waals surface area contributed by atoms with Gasteiger partial charge < -0.3 is 14.4 Å². The Morgan fingerprint density at radius 2 is 2.07 bits per heavy atom. The fraction of sp³-hybridized carbons (Fsp3) is 0.143. The topological polar surface area (TPSA) is 90.0 Å². The number of pyridine rings is 1. The van der Waals surface area contributed by atoms with E-state index in [2.05, 4.69) is 15.5 Å². The van der Waals surface area contributed by atoms with E-state index < -0.39 is 11.9 Å². The van der Waals surface area contributed by atoms with Gasteiger partial charge in [0.05, 0.1) is 17.7 Å². The Hall–Kier alpha value is -3.59. The fourth-order valence-electron chi connectivity index (χ4n) is 2.89. The van der Waals surface area contributed by atoms with Gasteiger partial charge in [0.2, 0.25) is 11.7 Å². The molecule has 0 bridgehead atoms. The number of carbonyl (C=O) groups excluding carboxylic acids is 1. The van der Waals surface area contributed by atoms with Crippen molar-refractivity contribution in [3.05, 3.63) is 81.2 Å². The molecule has 0 spiro atoms. The van der Waals surface area contributed by atoms with E-state index in [-0.39, 0.29) is 28.7 Å². The summed E-state index contributed by atoms with van der Waals surface area (Å²) < 4.78 is 20.5. The van der Waals surface area contributed by atoms with Crippen LogP contribution in [0.15, 0.2) is 69.4 Å². The van der Waals surface area contributed by atoms with Gasteiger partial charge in [0, 0.05) is 17.1 Å². The number of rotatable bonds is 6. The van der Waals surface area contributed by atoms with Gasteiger partial charge in [0.1, 0.15) is 11.9 Å². The summed E-state index contributed by atoms with van der Waals surface area (Å²) in [5.74, 6) is -0.540. The number of hydrogen-bond acceptors (Lipinski definition) is 6. The van der Waals surface area contributed by atoms with Crippen molar-refractivity contribution in [2.75, 3.05) is 0 Å². The van der Waals surface area contributed by atoms with Crippen LogP contribution in [0.25, 0.3) is 22.8 Å². The van der Waals surface area contributed by atoms with Gasteiger partial charge in [-0.25, -0.2) is 4.39 Å². The van der Waals surface area contributed by atoms with Gasteiger partial charge in [0.15, 0.2) is 0 Å². The molecule has 4 aromatic rings. The van der Waals surface area contributed by atoms with Gasteiger partial charge in [-0.1, -0.05) is 23.4 Å². The summed E-state index contributed by atoms with van der Waals surface area (Å²) in [5, 5.41) is 8.57. The SMILES string of the molecule is C[C@H](C(=O)NCc1cccs1)n1cc(-c2nc(-c3ccccc3F)no2)ccc1=O. The number of amides is 1. The lowest BCUT2D eigenvalue weighted by atomic mass is 10.2. The van der Waals surface area contributed by atoms with Crippen LogP contribution in [-0.4, -0.2) is 20.6 Å². The minimum Gasteiger partial charge on any atom is -0.349 e. The van der Waals surface area contributed by atoms with Gasteiger partial charge in [-0.3, -0.25) is 9.59 Å². The van der Waals surface area contributed by atoms with Crippen molar-refractivity contribution in [1.82, 2.24) is 20.0 Å². The summed E-state index contributed by atoms with van der Waals surface area (Å²) in [6, 6.07) is 12.0. The predicted molar refractivity (Wildman–Crippen MR) is 110 cm³/mol. The highest BCUT2D eigenvalue weighted by atomic mass is 32.1. The third kappa shape index (κ3) is 4.06. The molecule has 0 radical (unpaired) electrons. The van der Waals surface area contributed by atoms with Gasteiger partial charge in [-0.15, -0.1) is 11.3 Å². The van der Waals surface area contributed by atoms with Crippen molar-refractivity contribution < 1.29 is 13.7 Å². The van der Waals surface area contributed by atoms with Crippen LogP contribution < -0.4 is 10.9 Å². The molecule has 0 saturated heterocycles. The molecular formula is C21H17FN4O3S. The Morgan fingerprint density at radius 3 is 2.83 bits per heavy atom. The lowest BCUT2D eigenvalue weighted by Crippen LogP contribution is -2.35. The molecule has 0 aliphatic rings. The molecule has 0 fully saturated rings. The molecule has 4 rings (SSSR count). The number of thiophene rings is 1. The zero-order valence-corrected chi connectivity index (χ0v) is 16.7. The van der Waals surface area contributed by atoms with Crippen molar-refractivity contribution in [2.45, 2.75) is 19.5 Å². The average Bonchev–Trinajstić information content (AvgIpc) is 3.44. The number of hydrogen-bond donors (Lipinski definition) is 1. The standard InChI is InChI=1S/C21H17FN4O3S/c1-13(20(28)23-11-15-5-4-10-30-15)26-12-14(8-9-18(26)27)21-24-19(25-29-21)16-6-2-3-7-17(16)22/h2-10,12-13H,11H2,1H3,(H,23,28)/t13-/m1/s1. The van der Waals surface area contributed by atoms with Crippen molar-refractivity contribution in [3.8, 4) is 22.8 Å². The molecule has 1 atom stereocenters. The summed E-state index contributed by atoms with van der Waals surface area (Å²) in [5.41, 5.74) is 0.316. The lowest BCUT2D eigenvalue weighted by Gasteiger charge is -2.15. The Balaban J connectivity index is 1.57. The van der Waals surface area contributed by atoms with E-state index >= 15 is 0 Å². The Bertz CT molecular complexity index is 1230. The molecule has 30 heavy (non-hydrogen) atoms. The predicted octanol–water partition coefficient (Wildman–Crippen LogP) is 3.64. The third-order valence-electron chi connectivity index (χ3n) is 4.54. The quantitative estimate of drug-likeness (QED) is 0.510. The van der Waals surface area contributed by atoms with Gasteiger partial charge >= 0.3 is 0 Å². The summed E-state index contributed by atoms with van der Waals surface area (Å²) in [6.45, 7) is 2.03. The van der Waals surface area contributed by atoms with E-state index in [1.165, 1.54) is 40.3 Å². The summed E-state index contributed by atoms with van der Waals surface area (Å²) >= 11 is 1.54. The summed E-state index contributed by atoms with van der Waals surface area (Å²) in [4.78, 5) is 30.1. The third-order valence-corrected chi connectivity index (χ3v) is 5.42. The number of benzene rings is 1. The molecule has 3 heterocycles. The van der Waals surface area contributed by atoms with Crippen LogP contribution in [0, 0.1) is 5.82 Å². The molecule has 0 aliphatic heterocycles. The minimum absolute atomic E-state index is 0.0996. The zero-order chi connectivity index (χ0) is 21.1. The molecule has 152 valence electrons. The molecule has 0 unspecified atom stereocenters. The largest absolute Gasteiger partial charge is 0.349 e. The number of aromatic nitrogens is 3. The first-order valence-electron chi connectivity index (χ1n) is 9.14. The van der Waals surface area contributed by atoms with Crippen molar-refractivity contribution in [3.63, 3.8) is 0 Å². The average molecular weight is 424 g/mol. The fourth-order valence-corrected chi connectivity index (χ4v) is 3.53. The Kier molecular flexibility index (Phi) is 5.53. The molecule has 1 aromatic carbocycles. The second-order valence-corrected chi connectivity index (χ2v) is 7.57. The molecule has 3 aromatic heterocycles. The highest BCUT2D eigenvalue weighted by Gasteiger charge is 2.19. The van der Waals surface area contributed by atoms with Crippen LogP contribution >= 0.6 is 11.3 Å². The number of halogens is 1. The monoisotopic (exact) mass is 424 g/mol. The number of nitrogens with zero attached hydrogens (tertiary/aromatic N) is 3. The van der Waals surface area contributed by atoms with E-state index in [0.717, 1.165) is 4.88 Å². The maximum absolute atomic E-state index is 14.0. The summed E-state index contributed by atoms with van der Waals surface area (Å²) in [6.07, 6.45) is 1.48. The Morgan fingerprint density at radius 1 is 1.23 bits per heavy atom. The molecule has 1 N–H and O–H groups in total. The van der Waals surface area contributed by atoms with E-state index in [1.807, 2.05) is 17.5 Å². The van der Waals surface area contributed by atoms with Gasteiger partial charge in [0.25, 0.3) is 11.4 Å². The molecule has 1 amide bonds. The maximum Gasteiger partial charge on any atom is 0.259 e. The number of nitrogens with one attached hydrogen (secondary N) is 1. The van der Waals surface area contributed by atoms with E-state index in [1.54, 1.807) is 25.1 Å². The smallest absolute Gasteiger partial charge is 0.259 e. The van der Waals surface area contributed by atoms with Crippen LogP contribution in [-0.2, 0) is 11.3 Å². The molecular weight excluding hydrogens is 407 g/mol. The second kappa shape index (κ2) is 8.42. The van der Waals surface area contributed by atoms with Gasteiger partial charge in [-0.05, 0) is 36.6 Å². The van der Waals surface area contributed by atoms with E-state index in [0.29, 0.717) is 12.1 Å². The van der Waals surface area contributed by atoms with E-state index in [4.69, 9.17) is 4.52 Å². The number of carbonyl (C=O) groups is 1. The molecule has 9 heteroatoms. The summed E-state index contributed by atoms with van der Waals surface area (Å²) in [7, 11) is 0. The van der Waals surface area contributed by atoms with Crippen LogP contribution in [0.3, 0.4) is 0 Å². The van der Waals surface area contributed by atoms with Crippen molar-refractivity contribution in [1.29, 1.82) is 0 Å². The maximum atomic E-state index is 14.0. The highest BCUT2D eigenvalue weighted by Crippen LogP contribution is 2.24. The molecule has 0 aliphatic carbocycles. The van der Waals surface area contributed by atoms with Crippen LogP contribution in [0.4, 0.5) is 4.39 Å². The van der Waals surface area contributed by atoms with Crippen molar-refractivity contribution >= 4 is 17.2 Å². The highest BCUT2D eigenvalue weighted by molar-refractivity contribution is 7.09. The Labute approximate surface area is 174 Å². The first-order valence-corrected chi connectivity index (χ1v) is 10.0. The molecule has 0 saturated carbocycles. The van der Waals surface area contributed by atoms with Crippen LogP contribution in [0.2, 0.25) is 0 Å². The minimum atomic E-state index is -0.744. The zero-order valence-electron chi connectivity index (χ0n) is 15.9. The first-order chi connectivity index (χ1) is 14.5. The van der Waals surface area contributed by atoms with Crippen LogP contribution in [0.1, 0.15) is 17.8 Å². The van der Waals surface area contributed by atoms with E-state index in [9.17, 15) is 14.0 Å². The normalized spacial score (nSPS) is 11.9. The molecule has 7 nitrogen and oxygen atoms in total. The van der Waals surface area contributed by atoms with Gasteiger partial charge in [-0.2, -0.15) is 4.98 Å².